The summed E-state index contributed by atoms with van der Waals surface area (Å²) in [6.45, 7) is -2.53. The molecule has 1 rings (SSSR count). The van der Waals surface area contributed by atoms with Crippen LogP contribution in [0.4, 0.5) is 13.2 Å². The highest BCUT2D eigenvalue weighted by Gasteiger charge is 2.27. The molecule has 0 aliphatic heterocycles. The Hall–Kier alpha value is -1.02. The normalized spacial score (nSPS) is 13.0. The number of hydrogen-bond acceptors (Lipinski definition) is 3. The van der Waals surface area contributed by atoms with E-state index in [2.05, 4.69) is 10.1 Å². The number of nitrogens with one attached hydrogen (secondary N) is 1. The number of ether oxygens (including phenoxy) is 1. The average molecular weight is 346 g/mol. The second kappa shape index (κ2) is 7.84. The molecule has 0 saturated carbocycles. The fourth-order valence-electron chi connectivity index (χ4n) is 1.45. The zero-order valence-corrected chi connectivity index (χ0v) is 12.1. The number of rotatable bonds is 6. The molecule has 1 unspecified atom stereocenters. The van der Waals surface area contributed by atoms with Gasteiger partial charge in [-0.25, -0.2) is 0 Å². The summed E-state index contributed by atoms with van der Waals surface area (Å²) in [6, 6.07) is 4.62. The molecule has 2 N–H and O–H groups in total. The minimum atomic E-state index is -4.50. The van der Waals surface area contributed by atoms with Gasteiger partial charge in [0.1, 0.15) is 13.2 Å². The van der Waals surface area contributed by atoms with Gasteiger partial charge in [-0.2, -0.15) is 13.2 Å². The summed E-state index contributed by atoms with van der Waals surface area (Å²) in [5.41, 5.74) is 0.234. The van der Waals surface area contributed by atoms with Crippen molar-refractivity contribution in [1.29, 1.82) is 0 Å². The Bertz CT molecular complexity index is 477. The molecule has 1 aromatic rings. The Morgan fingerprint density at radius 3 is 2.43 bits per heavy atom. The molecule has 1 atom stereocenters. The maximum atomic E-state index is 11.8. The molecule has 0 aliphatic rings. The van der Waals surface area contributed by atoms with Crippen LogP contribution >= 0.6 is 23.2 Å². The van der Waals surface area contributed by atoms with E-state index in [4.69, 9.17) is 23.2 Å². The minimum Gasteiger partial charge on any atom is -0.386 e. The van der Waals surface area contributed by atoms with Crippen molar-refractivity contribution in [2.75, 3.05) is 19.8 Å². The fraction of sp³-hybridized carbons (Fsp3) is 0.417. The van der Waals surface area contributed by atoms with Gasteiger partial charge >= 0.3 is 6.18 Å². The summed E-state index contributed by atoms with van der Waals surface area (Å²) >= 11 is 11.7. The van der Waals surface area contributed by atoms with Gasteiger partial charge in [0, 0.05) is 22.2 Å². The van der Waals surface area contributed by atoms with E-state index in [0.29, 0.717) is 0 Å². The largest absolute Gasteiger partial charge is 0.411 e. The number of carbonyl (C=O) groups is 1. The van der Waals surface area contributed by atoms with Crippen LogP contribution < -0.4 is 5.32 Å². The molecular formula is C12H12Cl2F3NO3. The van der Waals surface area contributed by atoms with E-state index in [0.717, 1.165) is 0 Å². The van der Waals surface area contributed by atoms with Crippen LogP contribution in [-0.4, -0.2) is 36.9 Å². The van der Waals surface area contributed by atoms with E-state index >= 15 is 0 Å². The number of aliphatic hydroxyl groups excluding tert-OH is 1. The Morgan fingerprint density at radius 1 is 1.33 bits per heavy atom. The van der Waals surface area contributed by atoms with Crippen molar-refractivity contribution in [3.8, 4) is 0 Å². The van der Waals surface area contributed by atoms with Crippen LogP contribution in [0.1, 0.15) is 11.7 Å². The molecule has 0 aliphatic carbocycles. The maximum Gasteiger partial charge on any atom is 0.411 e. The summed E-state index contributed by atoms with van der Waals surface area (Å²) in [7, 11) is 0. The lowest BCUT2D eigenvalue weighted by Gasteiger charge is -2.15. The fourth-order valence-corrected chi connectivity index (χ4v) is 2.10. The number of amides is 1. The Morgan fingerprint density at radius 2 is 1.90 bits per heavy atom. The molecule has 0 bridgehead atoms. The van der Waals surface area contributed by atoms with Gasteiger partial charge in [-0.1, -0.05) is 29.3 Å². The zero-order chi connectivity index (χ0) is 16.0. The van der Waals surface area contributed by atoms with Gasteiger partial charge in [0.2, 0.25) is 5.91 Å². The SMILES string of the molecule is O=C(COCC(F)(F)F)NCC(O)c1c(Cl)cccc1Cl. The summed E-state index contributed by atoms with van der Waals surface area (Å²) < 4.78 is 39.6. The number of aliphatic hydroxyl groups is 1. The van der Waals surface area contributed by atoms with Gasteiger partial charge in [0.25, 0.3) is 0 Å². The van der Waals surface area contributed by atoms with Crippen molar-refractivity contribution in [3.05, 3.63) is 33.8 Å². The summed E-state index contributed by atoms with van der Waals surface area (Å²) in [5.74, 6) is -0.790. The molecule has 0 aromatic heterocycles. The number of benzene rings is 1. The molecule has 0 spiro atoms. The smallest absolute Gasteiger partial charge is 0.386 e. The Labute approximate surface area is 128 Å². The Balaban J connectivity index is 2.43. The van der Waals surface area contributed by atoms with Crippen LogP contribution in [0.5, 0.6) is 0 Å². The zero-order valence-electron chi connectivity index (χ0n) is 10.6. The highest BCUT2D eigenvalue weighted by Crippen LogP contribution is 2.29. The average Bonchev–Trinajstić information content (AvgIpc) is 2.34. The summed E-state index contributed by atoms with van der Waals surface area (Å²) in [5, 5.41) is 12.5. The highest BCUT2D eigenvalue weighted by molar-refractivity contribution is 6.36. The molecule has 0 radical (unpaired) electrons. The van der Waals surface area contributed by atoms with Gasteiger partial charge in [0.05, 0.1) is 6.10 Å². The van der Waals surface area contributed by atoms with Crippen molar-refractivity contribution >= 4 is 29.1 Å². The number of halogens is 5. The third-order valence-corrected chi connectivity index (χ3v) is 2.98. The predicted molar refractivity (Wildman–Crippen MR) is 71.3 cm³/mol. The summed E-state index contributed by atoms with van der Waals surface area (Å²) in [6.07, 6.45) is -5.68. The third-order valence-electron chi connectivity index (χ3n) is 2.32. The van der Waals surface area contributed by atoms with Gasteiger partial charge in [-0.15, -0.1) is 0 Å². The van der Waals surface area contributed by atoms with Gasteiger partial charge in [0.15, 0.2) is 0 Å². The van der Waals surface area contributed by atoms with Crippen molar-refractivity contribution in [2.45, 2.75) is 12.3 Å². The van der Waals surface area contributed by atoms with Gasteiger partial charge in [-0.05, 0) is 12.1 Å². The monoisotopic (exact) mass is 345 g/mol. The molecule has 0 heterocycles. The van der Waals surface area contributed by atoms with Crippen LogP contribution in [0.15, 0.2) is 18.2 Å². The van der Waals surface area contributed by atoms with Crippen LogP contribution in [0, 0.1) is 0 Å². The van der Waals surface area contributed by atoms with Crippen LogP contribution in [0.3, 0.4) is 0 Å². The Kier molecular flexibility index (Phi) is 6.73. The highest BCUT2D eigenvalue weighted by atomic mass is 35.5. The standard InChI is InChI=1S/C12H12Cl2F3NO3/c13-7-2-1-3-8(14)11(7)9(19)4-18-10(20)5-21-6-12(15,16)17/h1-3,9,19H,4-6H2,(H,18,20). The molecule has 4 nitrogen and oxygen atoms in total. The number of carbonyl (C=O) groups excluding carboxylic acids is 1. The lowest BCUT2D eigenvalue weighted by molar-refractivity contribution is -0.175. The van der Waals surface area contributed by atoms with Crippen molar-refractivity contribution in [1.82, 2.24) is 5.32 Å². The first-order valence-electron chi connectivity index (χ1n) is 5.74. The van der Waals surface area contributed by atoms with Crippen molar-refractivity contribution < 1.29 is 27.8 Å². The second-order valence-electron chi connectivity index (χ2n) is 4.06. The van der Waals surface area contributed by atoms with Crippen LogP contribution in [0.2, 0.25) is 10.0 Å². The van der Waals surface area contributed by atoms with E-state index in [1.807, 2.05) is 0 Å². The topological polar surface area (TPSA) is 58.6 Å². The minimum absolute atomic E-state index is 0.220. The number of alkyl halides is 3. The molecular weight excluding hydrogens is 334 g/mol. The first kappa shape index (κ1) is 18.0. The lowest BCUT2D eigenvalue weighted by atomic mass is 10.1. The summed E-state index contributed by atoms with van der Waals surface area (Å²) in [4.78, 5) is 11.3. The third kappa shape index (κ3) is 6.52. The van der Waals surface area contributed by atoms with Gasteiger partial charge in [-0.3, -0.25) is 4.79 Å². The second-order valence-corrected chi connectivity index (χ2v) is 4.88. The maximum absolute atomic E-state index is 11.8. The van der Waals surface area contributed by atoms with E-state index < -0.39 is 31.4 Å². The predicted octanol–water partition coefficient (Wildman–Crippen LogP) is 2.72. The van der Waals surface area contributed by atoms with E-state index in [1.54, 1.807) is 6.07 Å². The van der Waals surface area contributed by atoms with E-state index in [1.165, 1.54) is 12.1 Å². The molecule has 0 fully saturated rings. The van der Waals surface area contributed by atoms with Crippen LogP contribution in [-0.2, 0) is 9.53 Å². The van der Waals surface area contributed by atoms with E-state index in [9.17, 15) is 23.1 Å². The quantitative estimate of drug-likeness (QED) is 0.833. The van der Waals surface area contributed by atoms with Gasteiger partial charge < -0.3 is 15.2 Å². The first-order chi connectivity index (χ1) is 9.70. The lowest BCUT2D eigenvalue weighted by Crippen LogP contribution is -2.33. The molecule has 21 heavy (non-hydrogen) atoms. The first-order valence-corrected chi connectivity index (χ1v) is 6.49. The van der Waals surface area contributed by atoms with Crippen molar-refractivity contribution in [2.24, 2.45) is 0 Å². The van der Waals surface area contributed by atoms with E-state index in [-0.39, 0.29) is 22.2 Å². The number of hydrogen-bond donors (Lipinski definition) is 2. The molecule has 1 aromatic carbocycles. The molecule has 118 valence electrons. The van der Waals surface area contributed by atoms with Crippen molar-refractivity contribution in [3.63, 3.8) is 0 Å². The van der Waals surface area contributed by atoms with Crippen LogP contribution in [0.25, 0.3) is 0 Å². The molecule has 1 amide bonds. The molecule has 0 saturated heterocycles. The molecule has 9 heteroatoms.